The average Bonchev–Trinajstić information content (AvgIpc) is 2.66. The largest absolute Gasteiger partial charge is 0.374 e. The van der Waals surface area contributed by atoms with Crippen molar-refractivity contribution in [2.75, 3.05) is 18.5 Å². The Kier molecular flexibility index (Phi) is 6.40. The lowest BCUT2D eigenvalue weighted by Gasteiger charge is -2.17. The van der Waals surface area contributed by atoms with E-state index < -0.39 is 10.8 Å². The van der Waals surface area contributed by atoms with E-state index in [0.29, 0.717) is 13.0 Å². The van der Waals surface area contributed by atoms with Crippen LogP contribution in [0, 0.1) is 21.4 Å². The van der Waals surface area contributed by atoms with Crippen LogP contribution in [0.4, 0.5) is 11.4 Å². The van der Waals surface area contributed by atoms with Crippen LogP contribution in [0.25, 0.3) is 0 Å². The fraction of sp³-hybridized carbons (Fsp3) is 0.167. The Labute approximate surface area is 150 Å². The van der Waals surface area contributed by atoms with Gasteiger partial charge in [-0.05, 0) is 29.8 Å². The maximum absolute atomic E-state index is 11.9. The number of nitriles is 1. The summed E-state index contributed by atoms with van der Waals surface area (Å²) in [7, 11) is 1.91. The molecule has 0 aliphatic rings. The van der Waals surface area contributed by atoms with Gasteiger partial charge in [0, 0.05) is 37.0 Å². The lowest BCUT2D eigenvalue weighted by atomic mass is 10.2. The first kappa shape index (κ1) is 18.6. The second-order valence-electron chi connectivity index (χ2n) is 5.42. The van der Waals surface area contributed by atoms with Crippen molar-refractivity contribution in [3.8, 4) is 6.07 Å². The van der Waals surface area contributed by atoms with Crippen molar-refractivity contribution in [2.24, 2.45) is 5.10 Å². The zero-order chi connectivity index (χ0) is 18.9. The predicted octanol–water partition coefficient (Wildman–Crippen LogP) is 2.71. The zero-order valence-electron chi connectivity index (χ0n) is 14.1. The van der Waals surface area contributed by atoms with Crippen molar-refractivity contribution in [1.29, 1.82) is 5.26 Å². The normalized spacial score (nSPS) is 10.3. The van der Waals surface area contributed by atoms with Crippen LogP contribution in [-0.4, -0.2) is 30.6 Å². The summed E-state index contributed by atoms with van der Waals surface area (Å²) < 4.78 is 0. The Morgan fingerprint density at radius 2 is 1.92 bits per heavy atom. The monoisotopic (exact) mass is 351 g/mol. The number of nitrogens with one attached hydrogen (secondary N) is 1. The highest BCUT2D eigenvalue weighted by Gasteiger charge is 2.08. The van der Waals surface area contributed by atoms with Crippen LogP contribution in [-0.2, 0) is 0 Å². The van der Waals surface area contributed by atoms with Crippen molar-refractivity contribution in [2.45, 2.75) is 6.42 Å². The van der Waals surface area contributed by atoms with Gasteiger partial charge in [0.2, 0.25) is 0 Å². The molecule has 1 amide bonds. The summed E-state index contributed by atoms with van der Waals surface area (Å²) in [5.41, 5.74) is 4.35. The van der Waals surface area contributed by atoms with E-state index in [9.17, 15) is 14.9 Å². The highest BCUT2D eigenvalue weighted by molar-refractivity contribution is 5.95. The predicted molar refractivity (Wildman–Crippen MR) is 98.1 cm³/mol. The van der Waals surface area contributed by atoms with Crippen molar-refractivity contribution >= 4 is 23.5 Å². The van der Waals surface area contributed by atoms with Crippen LogP contribution in [0.15, 0.2) is 53.6 Å². The third kappa shape index (κ3) is 5.14. The number of hydrogen-bond donors (Lipinski definition) is 1. The Hall–Kier alpha value is -3.73. The van der Waals surface area contributed by atoms with Gasteiger partial charge >= 0.3 is 0 Å². The van der Waals surface area contributed by atoms with Gasteiger partial charge in [0.05, 0.1) is 23.6 Å². The Morgan fingerprint density at radius 3 is 2.50 bits per heavy atom. The molecule has 8 nitrogen and oxygen atoms in total. The number of non-ortho nitro benzene ring substituents is 1. The molecule has 0 radical (unpaired) electrons. The number of nitro groups is 1. The summed E-state index contributed by atoms with van der Waals surface area (Å²) in [6, 6.07) is 14.9. The molecule has 1 N–H and O–H groups in total. The van der Waals surface area contributed by atoms with Gasteiger partial charge in [0.15, 0.2) is 0 Å². The zero-order valence-corrected chi connectivity index (χ0v) is 14.1. The van der Waals surface area contributed by atoms with Gasteiger partial charge in [-0.1, -0.05) is 12.1 Å². The third-order valence-electron chi connectivity index (χ3n) is 3.61. The molecule has 2 rings (SSSR count). The molecule has 0 bridgehead atoms. The van der Waals surface area contributed by atoms with E-state index in [1.165, 1.54) is 30.5 Å². The molecule has 0 fully saturated rings. The Balaban J connectivity index is 1.92. The Morgan fingerprint density at radius 1 is 1.27 bits per heavy atom. The number of benzene rings is 2. The molecule has 0 atom stereocenters. The van der Waals surface area contributed by atoms with Crippen LogP contribution in [0.5, 0.6) is 0 Å². The van der Waals surface area contributed by atoms with Gasteiger partial charge in [-0.3, -0.25) is 14.9 Å². The molecule has 2 aromatic carbocycles. The summed E-state index contributed by atoms with van der Waals surface area (Å²) >= 11 is 0. The van der Waals surface area contributed by atoms with E-state index in [0.717, 1.165) is 11.3 Å². The number of carbonyl (C=O) groups is 1. The second kappa shape index (κ2) is 8.94. The third-order valence-corrected chi connectivity index (χ3v) is 3.61. The Bertz CT molecular complexity index is 839. The van der Waals surface area contributed by atoms with Crippen molar-refractivity contribution in [3.05, 3.63) is 69.8 Å². The molecular formula is C18H17N5O3. The summed E-state index contributed by atoms with van der Waals surface area (Å²) in [5.74, 6) is -0.455. The molecule has 0 heterocycles. The first-order valence-corrected chi connectivity index (χ1v) is 7.77. The molecule has 0 spiro atoms. The number of amides is 1. The highest BCUT2D eigenvalue weighted by atomic mass is 16.6. The average molecular weight is 351 g/mol. The van der Waals surface area contributed by atoms with Crippen LogP contribution in [0.1, 0.15) is 22.3 Å². The molecule has 0 saturated carbocycles. The molecule has 0 unspecified atom stereocenters. The summed E-state index contributed by atoms with van der Waals surface area (Å²) in [6.45, 7) is 0.648. The van der Waals surface area contributed by atoms with Gasteiger partial charge in [-0.15, -0.1) is 0 Å². The molecule has 8 heteroatoms. The molecule has 26 heavy (non-hydrogen) atoms. The van der Waals surface area contributed by atoms with Gasteiger partial charge in [-0.25, -0.2) is 5.43 Å². The molecule has 132 valence electrons. The van der Waals surface area contributed by atoms with E-state index >= 15 is 0 Å². The van der Waals surface area contributed by atoms with Crippen LogP contribution < -0.4 is 10.3 Å². The molecule has 0 aliphatic heterocycles. The fourth-order valence-corrected chi connectivity index (χ4v) is 2.13. The number of carbonyl (C=O) groups excluding carboxylic acids is 1. The maximum Gasteiger partial charge on any atom is 0.271 e. The van der Waals surface area contributed by atoms with E-state index in [1.807, 2.05) is 36.2 Å². The van der Waals surface area contributed by atoms with Gasteiger partial charge in [0.25, 0.3) is 11.6 Å². The number of nitrogens with zero attached hydrogens (tertiary/aromatic N) is 4. The number of rotatable bonds is 7. The minimum atomic E-state index is -0.527. The van der Waals surface area contributed by atoms with Crippen molar-refractivity contribution < 1.29 is 9.72 Å². The lowest BCUT2D eigenvalue weighted by molar-refractivity contribution is -0.384. The second-order valence-corrected chi connectivity index (χ2v) is 5.42. The maximum atomic E-state index is 11.9. The lowest BCUT2D eigenvalue weighted by Crippen LogP contribution is -2.18. The summed E-state index contributed by atoms with van der Waals surface area (Å²) in [6.07, 6.45) is 1.96. The van der Waals surface area contributed by atoms with Gasteiger partial charge in [-0.2, -0.15) is 10.4 Å². The fourth-order valence-electron chi connectivity index (χ4n) is 2.13. The smallest absolute Gasteiger partial charge is 0.271 e. The van der Waals surface area contributed by atoms with E-state index in [-0.39, 0.29) is 11.3 Å². The quantitative estimate of drug-likeness (QED) is 0.468. The van der Waals surface area contributed by atoms with Crippen LogP contribution in [0.2, 0.25) is 0 Å². The number of hydrazone groups is 1. The number of nitro benzene ring substituents is 1. The standard InChI is InChI=1S/C18H17N5O3/c1-22(12-2-11-19)16-7-3-14(4-8-16)13-20-21-18(24)15-5-9-17(10-6-15)23(25)26/h3-10,13H,2,12H2,1H3,(H,21,24)/b20-13-. The van der Waals surface area contributed by atoms with E-state index in [4.69, 9.17) is 5.26 Å². The van der Waals surface area contributed by atoms with E-state index in [2.05, 4.69) is 16.6 Å². The molecule has 0 saturated heterocycles. The number of hydrogen-bond acceptors (Lipinski definition) is 6. The highest BCUT2D eigenvalue weighted by Crippen LogP contribution is 2.13. The topological polar surface area (TPSA) is 112 Å². The first-order valence-electron chi connectivity index (χ1n) is 7.77. The van der Waals surface area contributed by atoms with E-state index in [1.54, 1.807) is 0 Å². The SMILES string of the molecule is CN(CCC#N)c1ccc(/C=N\NC(=O)c2ccc([N+](=O)[O-])cc2)cc1. The molecule has 0 aliphatic carbocycles. The van der Waals surface area contributed by atoms with Crippen LogP contribution >= 0.6 is 0 Å². The first-order chi connectivity index (χ1) is 12.5. The summed E-state index contributed by atoms with van der Waals surface area (Å²) in [4.78, 5) is 24.0. The summed E-state index contributed by atoms with van der Waals surface area (Å²) in [5, 5.41) is 23.1. The van der Waals surface area contributed by atoms with Crippen molar-refractivity contribution in [3.63, 3.8) is 0 Å². The minimum Gasteiger partial charge on any atom is -0.374 e. The van der Waals surface area contributed by atoms with Crippen LogP contribution in [0.3, 0.4) is 0 Å². The molecule has 0 aromatic heterocycles. The van der Waals surface area contributed by atoms with Gasteiger partial charge in [0.1, 0.15) is 0 Å². The molecule has 2 aromatic rings. The van der Waals surface area contributed by atoms with Gasteiger partial charge < -0.3 is 4.90 Å². The number of anilines is 1. The minimum absolute atomic E-state index is 0.0788. The molecular weight excluding hydrogens is 334 g/mol. The van der Waals surface area contributed by atoms with Crippen molar-refractivity contribution in [1.82, 2.24) is 5.43 Å².